The molecule has 0 radical (unpaired) electrons. The average Bonchev–Trinajstić information content (AvgIpc) is 2.69. The monoisotopic (exact) mass is 399 g/mol. The number of pyridine rings is 1. The van der Waals surface area contributed by atoms with Crippen LogP contribution >= 0.6 is 0 Å². The van der Waals surface area contributed by atoms with E-state index < -0.39 is 28.3 Å². The molecule has 0 unspecified atom stereocenters. The standard InChI is InChI=1S/C20H18FN3O3S/c1-15-5-2-3-7-19(15)23-20(25)14-24(17-10-8-16(21)9-11-17)28(26,27)18-6-4-12-22-13-18/h2-13H,14H2,1H3,(H,23,25). The lowest BCUT2D eigenvalue weighted by atomic mass is 10.2. The van der Waals surface area contributed by atoms with Crippen LogP contribution in [0.15, 0.2) is 78.0 Å². The quantitative estimate of drug-likeness (QED) is 0.689. The number of anilines is 2. The number of hydrogen-bond donors (Lipinski definition) is 1. The molecular weight excluding hydrogens is 381 g/mol. The second kappa shape index (κ2) is 8.18. The Morgan fingerprint density at radius 1 is 1.07 bits per heavy atom. The van der Waals surface area contributed by atoms with Crippen molar-refractivity contribution in [2.24, 2.45) is 0 Å². The van der Waals surface area contributed by atoms with Crippen LogP contribution in [0.2, 0.25) is 0 Å². The number of nitrogens with zero attached hydrogens (tertiary/aromatic N) is 2. The number of carbonyl (C=O) groups is 1. The summed E-state index contributed by atoms with van der Waals surface area (Å²) >= 11 is 0. The SMILES string of the molecule is Cc1ccccc1NC(=O)CN(c1ccc(F)cc1)S(=O)(=O)c1cccnc1. The molecule has 1 N–H and O–H groups in total. The number of carbonyl (C=O) groups excluding carboxylic acids is 1. The van der Waals surface area contributed by atoms with E-state index in [4.69, 9.17) is 0 Å². The number of para-hydroxylation sites is 1. The zero-order chi connectivity index (χ0) is 20.1. The van der Waals surface area contributed by atoms with E-state index in [1.54, 1.807) is 12.1 Å². The third-order valence-electron chi connectivity index (χ3n) is 4.04. The molecule has 1 heterocycles. The van der Waals surface area contributed by atoms with Gasteiger partial charge in [0.25, 0.3) is 10.0 Å². The van der Waals surface area contributed by atoms with E-state index in [0.717, 1.165) is 22.0 Å². The average molecular weight is 399 g/mol. The Labute approximate surface area is 162 Å². The Morgan fingerprint density at radius 2 is 1.79 bits per heavy atom. The van der Waals surface area contributed by atoms with E-state index in [-0.39, 0.29) is 10.6 Å². The first-order valence-corrected chi connectivity index (χ1v) is 9.86. The Hall–Kier alpha value is -3.26. The summed E-state index contributed by atoms with van der Waals surface area (Å²) in [7, 11) is -4.08. The van der Waals surface area contributed by atoms with Crippen molar-refractivity contribution >= 4 is 27.3 Å². The first kappa shape index (κ1) is 19.5. The Bertz CT molecular complexity index is 1070. The largest absolute Gasteiger partial charge is 0.324 e. The molecule has 0 saturated heterocycles. The van der Waals surface area contributed by atoms with Crippen LogP contribution in [0.3, 0.4) is 0 Å². The number of sulfonamides is 1. The van der Waals surface area contributed by atoms with Gasteiger partial charge in [0.15, 0.2) is 0 Å². The molecule has 8 heteroatoms. The van der Waals surface area contributed by atoms with Crippen LogP contribution in [0.1, 0.15) is 5.56 Å². The number of amides is 1. The Balaban J connectivity index is 1.94. The van der Waals surface area contributed by atoms with Crippen molar-refractivity contribution < 1.29 is 17.6 Å². The molecule has 0 atom stereocenters. The number of halogens is 1. The molecule has 2 aromatic carbocycles. The highest BCUT2D eigenvalue weighted by Crippen LogP contribution is 2.24. The Morgan fingerprint density at radius 3 is 2.43 bits per heavy atom. The van der Waals surface area contributed by atoms with Gasteiger partial charge in [-0.25, -0.2) is 12.8 Å². The zero-order valence-electron chi connectivity index (χ0n) is 15.0. The first-order chi connectivity index (χ1) is 13.4. The Kier molecular flexibility index (Phi) is 5.70. The van der Waals surface area contributed by atoms with Crippen LogP contribution in [0.25, 0.3) is 0 Å². The fraction of sp³-hybridized carbons (Fsp3) is 0.100. The summed E-state index contributed by atoms with van der Waals surface area (Å²) in [5.41, 5.74) is 1.61. The zero-order valence-corrected chi connectivity index (χ0v) is 15.9. The molecule has 0 aliphatic rings. The third-order valence-corrected chi connectivity index (χ3v) is 5.80. The maximum Gasteiger partial charge on any atom is 0.266 e. The van der Waals surface area contributed by atoms with E-state index in [1.165, 1.54) is 36.7 Å². The van der Waals surface area contributed by atoms with Crippen molar-refractivity contribution in [1.82, 2.24) is 4.98 Å². The number of aryl methyl sites for hydroxylation is 1. The van der Waals surface area contributed by atoms with Gasteiger partial charge in [0.2, 0.25) is 5.91 Å². The molecule has 144 valence electrons. The fourth-order valence-electron chi connectivity index (χ4n) is 2.58. The summed E-state index contributed by atoms with van der Waals surface area (Å²) < 4.78 is 40.4. The molecule has 28 heavy (non-hydrogen) atoms. The minimum atomic E-state index is -4.08. The van der Waals surface area contributed by atoms with Gasteiger partial charge >= 0.3 is 0 Å². The van der Waals surface area contributed by atoms with Crippen LogP contribution in [-0.4, -0.2) is 25.9 Å². The van der Waals surface area contributed by atoms with E-state index in [2.05, 4.69) is 10.3 Å². The number of benzene rings is 2. The number of rotatable bonds is 6. The molecule has 6 nitrogen and oxygen atoms in total. The lowest BCUT2D eigenvalue weighted by Crippen LogP contribution is -2.38. The smallest absolute Gasteiger partial charge is 0.266 e. The highest BCUT2D eigenvalue weighted by molar-refractivity contribution is 7.92. The van der Waals surface area contributed by atoms with Gasteiger partial charge in [-0.05, 0) is 55.0 Å². The summed E-state index contributed by atoms with van der Waals surface area (Å²) in [5.74, 6) is -1.03. The third kappa shape index (κ3) is 4.34. The fourth-order valence-corrected chi connectivity index (χ4v) is 3.97. The van der Waals surface area contributed by atoms with Gasteiger partial charge in [-0.3, -0.25) is 14.1 Å². The predicted octanol–water partition coefficient (Wildman–Crippen LogP) is 3.36. The summed E-state index contributed by atoms with van der Waals surface area (Å²) in [6.45, 7) is 1.36. The highest BCUT2D eigenvalue weighted by Gasteiger charge is 2.27. The van der Waals surface area contributed by atoms with E-state index in [0.29, 0.717) is 5.69 Å². The predicted molar refractivity (Wildman–Crippen MR) is 105 cm³/mol. The summed E-state index contributed by atoms with van der Waals surface area (Å²) in [5, 5.41) is 2.71. The second-order valence-electron chi connectivity index (χ2n) is 6.04. The lowest BCUT2D eigenvalue weighted by Gasteiger charge is -2.24. The van der Waals surface area contributed by atoms with Crippen molar-refractivity contribution in [2.75, 3.05) is 16.2 Å². The van der Waals surface area contributed by atoms with Crippen molar-refractivity contribution in [3.63, 3.8) is 0 Å². The lowest BCUT2D eigenvalue weighted by molar-refractivity contribution is -0.114. The van der Waals surface area contributed by atoms with Gasteiger partial charge in [-0.15, -0.1) is 0 Å². The minimum Gasteiger partial charge on any atom is -0.324 e. The number of hydrogen-bond acceptors (Lipinski definition) is 4. The van der Waals surface area contributed by atoms with Crippen LogP contribution in [-0.2, 0) is 14.8 Å². The van der Waals surface area contributed by atoms with Gasteiger partial charge in [0.1, 0.15) is 17.3 Å². The summed E-state index contributed by atoms with van der Waals surface area (Å²) in [6, 6.07) is 14.9. The van der Waals surface area contributed by atoms with Crippen LogP contribution < -0.4 is 9.62 Å². The maximum atomic E-state index is 13.3. The molecule has 0 aliphatic heterocycles. The van der Waals surface area contributed by atoms with Gasteiger partial charge in [-0.2, -0.15) is 0 Å². The van der Waals surface area contributed by atoms with Gasteiger partial charge in [-0.1, -0.05) is 18.2 Å². The molecule has 0 saturated carbocycles. The number of nitrogens with one attached hydrogen (secondary N) is 1. The maximum absolute atomic E-state index is 13.3. The van der Waals surface area contributed by atoms with Crippen LogP contribution in [0, 0.1) is 12.7 Å². The minimum absolute atomic E-state index is 0.0667. The molecule has 0 bridgehead atoms. The second-order valence-corrected chi connectivity index (χ2v) is 7.90. The number of aromatic nitrogens is 1. The van der Waals surface area contributed by atoms with Gasteiger partial charge in [0, 0.05) is 18.1 Å². The summed E-state index contributed by atoms with van der Waals surface area (Å²) in [6.07, 6.45) is 2.65. The van der Waals surface area contributed by atoms with E-state index in [9.17, 15) is 17.6 Å². The van der Waals surface area contributed by atoms with Crippen molar-refractivity contribution in [3.05, 3.63) is 84.4 Å². The molecule has 1 aromatic heterocycles. The van der Waals surface area contributed by atoms with E-state index >= 15 is 0 Å². The topological polar surface area (TPSA) is 79.4 Å². The van der Waals surface area contributed by atoms with Crippen LogP contribution in [0.4, 0.5) is 15.8 Å². The highest BCUT2D eigenvalue weighted by atomic mass is 32.2. The van der Waals surface area contributed by atoms with Crippen molar-refractivity contribution in [1.29, 1.82) is 0 Å². The molecule has 3 aromatic rings. The molecule has 0 fully saturated rings. The van der Waals surface area contributed by atoms with Crippen molar-refractivity contribution in [3.8, 4) is 0 Å². The van der Waals surface area contributed by atoms with Gasteiger partial charge < -0.3 is 5.32 Å². The normalized spacial score (nSPS) is 11.1. The summed E-state index contributed by atoms with van der Waals surface area (Å²) in [4.78, 5) is 16.4. The molecule has 0 spiro atoms. The van der Waals surface area contributed by atoms with Gasteiger partial charge in [0.05, 0.1) is 5.69 Å². The first-order valence-electron chi connectivity index (χ1n) is 8.42. The molecule has 0 aliphatic carbocycles. The molecule has 1 amide bonds. The van der Waals surface area contributed by atoms with Crippen molar-refractivity contribution in [2.45, 2.75) is 11.8 Å². The molecular formula is C20H18FN3O3S. The van der Waals surface area contributed by atoms with E-state index in [1.807, 2.05) is 19.1 Å². The molecule has 3 rings (SSSR count). The van der Waals surface area contributed by atoms with Crippen LogP contribution in [0.5, 0.6) is 0 Å².